The van der Waals surface area contributed by atoms with Crippen molar-refractivity contribution >= 4 is 7.75 Å². The average Bonchev–Trinajstić information content (AvgIpc) is 2.13. The predicted molar refractivity (Wildman–Crippen MR) is 75.8 cm³/mol. The molecule has 110 valence electrons. The van der Waals surface area contributed by atoms with Crippen molar-refractivity contribution in [1.29, 1.82) is 0 Å². The van der Waals surface area contributed by atoms with Crippen LogP contribution in [0.2, 0.25) is 0 Å². The lowest BCUT2D eigenvalue weighted by atomic mass is 10.3. The Kier molecular flexibility index (Phi) is 9.09. The molecule has 0 aromatic heterocycles. The predicted octanol–water partition coefficient (Wildman–Crippen LogP) is 2.88. The van der Waals surface area contributed by atoms with Crippen LogP contribution < -0.4 is 5.09 Å². The molecule has 0 amide bonds. The fourth-order valence-electron chi connectivity index (χ4n) is 1.42. The molecule has 0 rings (SSSR count). The van der Waals surface area contributed by atoms with Crippen LogP contribution in [0.4, 0.5) is 0 Å². The summed E-state index contributed by atoms with van der Waals surface area (Å²) in [5.74, 6) is 0. The summed E-state index contributed by atoms with van der Waals surface area (Å²) >= 11 is 0. The second-order valence-corrected chi connectivity index (χ2v) is 6.96. The molecule has 0 fully saturated rings. The SMILES string of the molecule is CC(C)OP(=O)(NCCCCN(C)C)OC(C)C. The first kappa shape index (κ1) is 18.1. The number of nitrogens with zero attached hydrogens (tertiary/aromatic N) is 1. The zero-order valence-corrected chi connectivity index (χ0v) is 13.5. The normalized spacial score (nSPS) is 12.9. The first-order chi connectivity index (χ1) is 8.25. The van der Waals surface area contributed by atoms with Crippen molar-refractivity contribution in [3.8, 4) is 0 Å². The summed E-state index contributed by atoms with van der Waals surface area (Å²) in [5, 5.41) is 2.93. The number of hydrogen-bond acceptors (Lipinski definition) is 4. The summed E-state index contributed by atoms with van der Waals surface area (Å²) < 4.78 is 23.1. The minimum Gasteiger partial charge on any atom is -0.309 e. The summed E-state index contributed by atoms with van der Waals surface area (Å²) in [6, 6.07) is 0. The summed E-state index contributed by atoms with van der Waals surface area (Å²) in [6.07, 6.45) is 1.77. The van der Waals surface area contributed by atoms with Gasteiger partial charge in [-0.3, -0.25) is 9.05 Å². The van der Waals surface area contributed by atoms with Crippen molar-refractivity contribution in [2.75, 3.05) is 27.2 Å². The van der Waals surface area contributed by atoms with E-state index in [2.05, 4.69) is 9.99 Å². The third kappa shape index (κ3) is 10.0. The van der Waals surface area contributed by atoms with Gasteiger partial charge in [-0.15, -0.1) is 0 Å². The molecule has 0 atom stereocenters. The fraction of sp³-hybridized carbons (Fsp3) is 1.00. The Morgan fingerprint density at radius 2 is 1.56 bits per heavy atom. The summed E-state index contributed by atoms with van der Waals surface area (Å²) in [4.78, 5) is 2.13. The lowest BCUT2D eigenvalue weighted by Gasteiger charge is -2.23. The Hall–Kier alpha value is 0.0700. The first-order valence-electron chi connectivity index (χ1n) is 6.62. The Morgan fingerprint density at radius 3 is 1.94 bits per heavy atom. The van der Waals surface area contributed by atoms with Gasteiger partial charge in [-0.25, -0.2) is 9.65 Å². The third-order valence-corrected chi connectivity index (χ3v) is 4.05. The molecule has 0 aromatic carbocycles. The van der Waals surface area contributed by atoms with Gasteiger partial charge in [-0.1, -0.05) is 0 Å². The van der Waals surface area contributed by atoms with Gasteiger partial charge in [-0.05, 0) is 61.2 Å². The summed E-state index contributed by atoms with van der Waals surface area (Å²) in [5.41, 5.74) is 0. The molecule has 0 bridgehead atoms. The molecule has 0 unspecified atom stereocenters. The second-order valence-electron chi connectivity index (χ2n) is 5.22. The van der Waals surface area contributed by atoms with E-state index in [1.54, 1.807) is 0 Å². The minimum atomic E-state index is -3.16. The highest BCUT2D eigenvalue weighted by molar-refractivity contribution is 7.51. The first-order valence-corrected chi connectivity index (χ1v) is 8.16. The fourth-order valence-corrected chi connectivity index (χ4v) is 3.16. The topological polar surface area (TPSA) is 50.8 Å². The molecular weight excluding hydrogens is 251 g/mol. The second kappa shape index (κ2) is 9.05. The lowest BCUT2D eigenvalue weighted by Crippen LogP contribution is -2.21. The Balaban J connectivity index is 4.05. The Morgan fingerprint density at radius 1 is 1.06 bits per heavy atom. The molecule has 0 aliphatic carbocycles. The van der Waals surface area contributed by atoms with Crippen LogP contribution in [0.5, 0.6) is 0 Å². The molecule has 0 aliphatic rings. The van der Waals surface area contributed by atoms with Crippen LogP contribution in [0.3, 0.4) is 0 Å². The molecular formula is C12H29N2O3P. The molecule has 0 saturated heterocycles. The zero-order valence-electron chi connectivity index (χ0n) is 12.6. The van der Waals surface area contributed by atoms with E-state index in [9.17, 15) is 4.57 Å². The molecule has 0 aliphatic heterocycles. The van der Waals surface area contributed by atoms with Crippen molar-refractivity contribution in [3.05, 3.63) is 0 Å². The Labute approximate surface area is 112 Å². The van der Waals surface area contributed by atoms with Crippen LogP contribution in [0.15, 0.2) is 0 Å². The monoisotopic (exact) mass is 280 g/mol. The van der Waals surface area contributed by atoms with Gasteiger partial charge in [-0.2, -0.15) is 0 Å². The van der Waals surface area contributed by atoms with Gasteiger partial charge < -0.3 is 4.90 Å². The van der Waals surface area contributed by atoms with Crippen molar-refractivity contribution in [2.45, 2.75) is 52.7 Å². The van der Waals surface area contributed by atoms with Gasteiger partial charge in [0, 0.05) is 6.54 Å². The molecule has 18 heavy (non-hydrogen) atoms. The largest absolute Gasteiger partial charge is 0.406 e. The van der Waals surface area contributed by atoms with E-state index in [0.717, 1.165) is 19.4 Å². The van der Waals surface area contributed by atoms with Crippen molar-refractivity contribution in [1.82, 2.24) is 9.99 Å². The highest BCUT2D eigenvalue weighted by Gasteiger charge is 2.26. The van der Waals surface area contributed by atoms with Crippen molar-refractivity contribution in [2.24, 2.45) is 0 Å². The van der Waals surface area contributed by atoms with E-state index in [4.69, 9.17) is 9.05 Å². The van der Waals surface area contributed by atoms with Crippen molar-refractivity contribution in [3.63, 3.8) is 0 Å². The number of rotatable bonds is 10. The van der Waals surface area contributed by atoms with E-state index in [-0.39, 0.29) is 12.2 Å². The molecule has 6 heteroatoms. The third-order valence-electron chi connectivity index (χ3n) is 2.04. The maximum Gasteiger partial charge on any atom is 0.406 e. The van der Waals surface area contributed by atoms with E-state index in [0.29, 0.717) is 6.54 Å². The van der Waals surface area contributed by atoms with Crippen molar-refractivity contribution < 1.29 is 13.6 Å². The molecule has 1 N–H and O–H groups in total. The number of nitrogens with one attached hydrogen (secondary N) is 1. The summed E-state index contributed by atoms with van der Waals surface area (Å²) in [6.45, 7) is 9.08. The van der Waals surface area contributed by atoms with E-state index in [1.807, 2.05) is 41.8 Å². The Bertz CT molecular complexity index is 244. The standard InChI is InChI=1S/C12H29N2O3P/c1-11(2)16-18(15,17-12(3)4)13-9-7-8-10-14(5)6/h11-12H,7-10H2,1-6H3,(H,13,15). The van der Waals surface area contributed by atoms with E-state index >= 15 is 0 Å². The van der Waals surface area contributed by atoms with Gasteiger partial charge in [0.2, 0.25) is 0 Å². The highest BCUT2D eigenvalue weighted by atomic mass is 31.2. The van der Waals surface area contributed by atoms with E-state index < -0.39 is 7.75 Å². The van der Waals surface area contributed by atoms with Crippen LogP contribution in [-0.4, -0.2) is 44.3 Å². The molecule has 0 radical (unpaired) electrons. The van der Waals surface area contributed by atoms with Gasteiger partial charge >= 0.3 is 7.75 Å². The van der Waals surface area contributed by atoms with Gasteiger partial charge in [0.25, 0.3) is 0 Å². The molecule has 0 heterocycles. The number of unbranched alkanes of at least 4 members (excludes halogenated alkanes) is 1. The molecule has 0 aromatic rings. The van der Waals surface area contributed by atoms with Gasteiger partial charge in [0.15, 0.2) is 0 Å². The van der Waals surface area contributed by atoms with Crippen LogP contribution >= 0.6 is 7.75 Å². The van der Waals surface area contributed by atoms with Crippen LogP contribution in [0.25, 0.3) is 0 Å². The minimum absolute atomic E-state index is 0.121. The van der Waals surface area contributed by atoms with Gasteiger partial charge in [0.1, 0.15) is 0 Å². The van der Waals surface area contributed by atoms with E-state index in [1.165, 1.54) is 0 Å². The van der Waals surface area contributed by atoms with Crippen LogP contribution in [-0.2, 0) is 13.6 Å². The quantitative estimate of drug-likeness (QED) is 0.492. The molecule has 0 spiro atoms. The smallest absolute Gasteiger partial charge is 0.309 e. The zero-order chi connectivity index (χ0) is 14.2. The molecule has 0 saturated carbocycles. The highest BCUT2D eigenvalue weighted by Crippen LogP contribution is 2.46. The van der Waals surface area contributed by atoms with Gasteiger partial charge in [0.05, 0.1) is 12.2 Å². The maximum atomic E-state index is 12.4. The lowest BCUT2D eigenvalue weighted by molar-refractivity contribution is 0.135. The van der Waals surface area contributed by atoms with Crippen LogP contribution in [0.1, 0.15) is 40.5 Å². The molecule has 5 nitrogen and oxygen atoms in total. The average molecular weight is 280 g/mol. The maximum absolute atomic E-state index is 12.4. The summed E-state index contributed by atoms with van der Waals surface area (Å²) in [7, 11) is 0.928. The number of hydrogen-bond donors (Lipinski definition) is 1. The van der Waals surface area contributed by atoms with Crippen LogP contribution in [0, 0.1) is 0 Å².